The third-order valence-electron chi connectivity index (χ3n) is 13.1. The van der Waals surface area contributed by atoms with Gasteiger partial charge in [0.15, 0.2) is 0 Å². The minimum absolute atomic E-state index is 0.0572. The summed E-state index contributed by atoms with van der Waals surface area (Å²) in [4.78, 5) is 66.3. The number of methoxy groups -OCH3 is 1. The Labute approximate surface area is 397 Å². The molecule has 3 aliphatic rings. The summed E-state index contributed by atoms with van der Waals surface area (Å²) >= 11 is 12.5. The van der Waals surface area contributed by atoms with Crippen molar-refractivity contribution < 1.29 is 46.2 Å². The maximum atomic E-state index is 16.2. The van der Waals surface area contributed by atoms with Gasteiger partial charge in [-0.25, -0.2) is 9.37 Å². The Bertz CT molecular complexity index is 2430. The maximum absolute atomic E-state index is 16.2. The van der Waals surface area contributed by atoms with Gasteiger partial charge in [0.05, 0.1) is 49.5 Å². The molecule has 2 N–H and O–H groups in total. The molecule has 1 aromatic heterocycles. The number of hydrogen-bond acceptors (Lipinski definition) is 8. The number of hydrogen-bond donors (Lipinski definition) is 2. The summed E-state index contributed by atoms with van der Waals surface area (Å²) in [6.07, 6.45) is -1.31. The van der Waals surface area contributed by atoms with Gasteiger partial charge in [0, 0.05) is 60.9 Å². The van der Waals surface area contributed by atoms with Crippen LogP contribution in [0.4, 0.5) is 17.6 Å². The van der Waals surface area contributed by atoms with Crippen molar-refractivity contribution >= 4 is 46.8 Å². The fourth-order valence-corrected chi connectivity index (χ4v) is 9.47. The molecule has 0 radical (unpaired) electrons. The molecule has 2 saturated heterocycles. The number of alkyl halides is 3. The highest BCUT2D eigenvalue weighted by atomic mass is 35.5. The molecule has 67 heavy (non-hydrogen) atoms. The molecule has 7 rings (SSSR count). The van der Waals surface area contributed by atoms with Gasteiger partial charge >= 0.3 is 6.18 Å². The van der Waals surface area contributed by atoms with Gasteiger partial charge in [0.2, 0.25) is 23.6 Å². The number of benzene rings is 3. The maximum Gasteiger partial charge on any atom is 0.389 e. The third kappa shape index (κ3) is 12.1. The number of nitrogens with one attached hydrogen (secondary N) is 2. The van der Waals surface area contributed by atoms with E-state index in [4.69, 9.17) is 32.7 Å². The molecule has 4 amide bonds. The van der Waals surface area contributed by atoms with Crippen LogP contribution in [-0.2, 0) is 50.5 Å². The summed E-state index contributed by atoms with van der Waals surface area (Å²) in [5.41, 5.74) is 0.988. The molecule has 360 valence electrons. The average Bonchev–Trinajstić information content (AvgIpc) is 3.60. The highest BCUT2D eigenvalue weighted by Gasteiger charge is 2.45. The lowest BCUT2D eigenvalue weighted by molar-refractivity contribution is -0.164. The highest BCUT2D eigenvalue weighted by Crippen LogP contribution is 2.36. The summed E-state index contributed by atoms with van der Waals surface area (Å²) in [6.45, 7) is 0.876. The van der Waals surface area contributed by atoms with Gasteiger partial charge in [0.1, 0.15) is 35.2 Å². The number of carbonyl (C=O) groups excluding carboxylic acids is 4. The Balaban J connectivity index is 1.19. The second-order valence-corrected chi connectivity index (χ2v) is 18.9. The van der Waals surface area contributed by atoms with Crippen LogP contribution in [0, 0.1) is 11.7 Å². The molecule has 0 unspecified atom stereocenters. The van der Waals surface area contributed by atoms with E-state index in [-0.39, 0.29) is 48.2 Å². The quantitative estimate of drug-likeness (QED) is 0.129. The summed E-state index contributed by atoms with van der Waals surface area (Å²) in [7, 11) is 5.37. The number of nitrogens with zero attached hydrogens (tertiary/aromatic N) is 5. The van der Waals surface area contributed by atoms with E-state index in [1.165, 1.54) is 44.3 Å². The van der Waals surface area contributed by atoms with Crippen LogP contribution in [0.5, 0.6) is 11.5 Å². The lowest BCUT2D eigenvalue weighted by Gasteiger charge is -2.45. The van der Waals surface area contributed by atoms with E-state index in [1.54, 1.807) is 54.7 Å². The van der Waals surface area contributed by atoms with E-state index < -0.39 is 78.5 Å². The van der Waals surface area contributed by atoms with Crippen LogP contribution in [0.15, 0.2) is 66.9 Å². The standard InChI is InChI=1S/C48H55Cl2F4N7O6/c1-29-44(63)56-39(27-66-4)45(64)57-47(22-30-9-13-33(49)14-10-30)17-6-18-60(28-47)46(65)32(23-48(52,53)54)19-43(62)61(29)25-37-38(51)20-34(50)21-41(37)67-36-15-11-31(12-16-36)40-24-55-42(59(40)3)26-58(2)35-7-5-8-35/h9-16,20-21,24,29,32,35,39H,5-8,17-19,22-23,25-28H2,1-4H3,(H,56,63)(H,57,64)/t29-,32-,39-,47+/m0/s1. The number of halogens is 6. The molecule has 3 fully saturated rings. The second-order valence-electron chi connectivity index (χ2n) is 18.0. The number of amides is 4. The SMILES string of the molecule is COC[C@@H]1NC(=O)[C@H](C)N(Cc2c(F)cc(Cl)cc2Oc2ccc(-c3cnc(CN(C)C4CCC4)n3C)cc2)C(=O)C[C@@H](CC(F)(F)F)C(=O)N2CCC[C@@](Cc3ccc(Cl)cc3)(C2)NC1=O. The van der Waals surface area contributed by atoms with E-state index in [0.717, 1.165) is 33.6 Å². The first-order valence-corrected chi connectivity index (χ1v) is 23.1. The van der Waals surface area contributed by atoms with Gasteiger partial charge in [-0.3, -0.25) is 24.1 Å². The third-order valence-corrected chi connectivity index (χ3v) is 13.6. The van der Waals surface area contributed by atoms with Crippen LogP contribution < -0.4 is 15.4 Å². The lowest BCUT2D eigenvalue weighted by Crippen LogP contribution is -2.65. The van der Waals surface area contributed by atoms with Crippen LogP contribution >= 0.6 is 23.2 Å². The van der Waals surface area contributed by atoms with Gasteiger partial charge in [0.25, 0.3) is 0 Å². The van der Waals surface area contributed by atoms with Crippen molar-refractivity contribution in [3.8, 4) is 22.8 Å². The molecule has 0 spiro atoms. The van der Waals surface area contributed by atoms with Gasteiger partial charge in [-0.2, -0.15) is 13.2 Å². The van der Waals surface area contributed by atoms with Crippen molar-refractivity contribution in [1.82, 2.24) is 34.9 Å². The monoisotopic (exact) mass is 971 g/mol. The van der Waals surface area contributed by atoms with Crippen molar-refractivity contribution in [2.24, 2.45) is 13.0 Å². The Hall–Kier alpha value is -5.23. The minimum Gasteiger partial charge on any atom is -0.457 e. The van der Waals surface area contributed by atoms with E-state index in [0.29, 0.717) is 30.5 Å². The fraction of sp³-hybridized carbons (Fsp3) is 0.479. The topological polar surface area (TPSA) is 138 Å². The number of ether oxygens (including phenoxy) is 2. The van der Waals surface area contributed by atoms with Crippen molar-refractivity contribution in [1.29, 1.82) is 0 Å². The molecular weight excluding hydrogens is 917 g/mol. The molecule has 1 aliphatic carbocycles. The molecule has 3 aromatic carbocycles. The summed E-state index contributed by atoms with van der Waals surface area (Å²) < 4.78 is 72.8. The van der Waals surface area contributed by atoms with Crippen LogP contribution in [0.2, 0.25) is 10.0 Å². The average molecular weight is 973 g/mol. The smallest absolute Gasteiger partial charge is 0.389 e. The van der Waals surface area contributed by atoms with E-state index in [2.05, 4.69) is 27.6 Å². The first-order valence-electron chi connectivity index (χ1n) is 22.3. The van der Waals surface area contributed by atoms with E-state index >= 15 is 4.39 Å². The zero-order valence-electron chi connectivity index (χ0n) is 37.8. The number of imidazole rings is 1. The van der Waals surface area contributed by atoms with Crippen LogP contribution in [0.3, 0.4) is 0 Å². The van der Waals surface area contributed by atoms with Crippen molar-refractivity contribution in [2.75, 3.05) is 33.9 Å². The number of carbonyl (C=O) groups is 4. The molecule has 1 saturated carbocycles. The number of rotatable bonds is 13. The number of aromatic nitrogens is 2. The van der Waals surface area contributed by atoms with E-state index in [1.807, 2.05) is 11.6 Å². The molecule has 19 heteroatoms. The molecule has 3 heterocycles. The highest BCUT2D eigenvalue weighted by molar-refractivity contribution is 6.31. The first-order chi connectivity index (χ1) is 31.8. The largest absolute Gasteiger partial charge is 0.457 e. The Morgan fingerprint density at radius 1 is 0.970 bits per heavy atom. The zero-order valence-corrected chi connectivity index (χ0v) is 39.3. The van der Waals surface area contributed by atoms with Crippen LogP contribution in [0.1, 0.15) is 68.8 Å². The minimum atomic E-state index is -4.87. The normalized spacial score (nSPS) is 22.3. The van der Waals surface area contributed by atoms with Gasteiger partial charge < -0.3 is 34.5 Å². The summed E-state index contributed by atoms with van der Waals surface area (Å²) in [5, 5.41) is 6.07. The second kappa shape index (κ2) is 21.0. The van der Waals surface area contributed by atoms with E-state index in [9.17, 15) is 32.3 Å². The fourth-order valence-electron chi connectivity index (χ4n) is 9.15. The molecule has 4 aromatic rings. The molecular formula is C48H55Cl2F4N7O6. The predicted molar refractivity (Wildman–Crippen MR) is 244 cm³/mol. The van der Waals surface area contributed by atoms with Crippen LogP contribution in [-0.4, -0.2) is 112 Å². The summed E-state index contributed by atoms with van der Waals surface area (Å²) in [5.74, 6) is -5.39. The number of piperidine rings is 1. The Morgan fingerprint density at radius 3 is 2.34 bits per heavy atom. The molecule has 4 atom stereocenters. The van der Waals surface area contributed by atoms with Crippen LogP contribution in [0.25, 0.3) is 11.3 Å². The Morgan fingerprint density at radius 2 is 1.69 bits per heavy atom. The Kier molecular flexibility index (Phi) is 15.5. The first kappa shape index (κ1) is 49.7. The van der Waals surface area contributed by atoms with Crippen molar-refractivity contribution in [3.05, 3.63) is 99.7 Å². The van der Waals surface area contributed by atoms with Gasteiger partial charge in [-0.1, -0.05) is 41.8 Å². The van der Waals surface area contributed by atoms with Crippen molar-refractivity contribution in [2.45, 2.75) is 101 Å². The molecule has 13 nitrogen and oxygen atoms in total. The number of fused-ring (bicyclic) bond motifs is 2. The molecule has 2 aliphatic heterocycles. The summed E-state index contributed by atoms with van der Waals surface area (Å²) in [6, 6.07) is 13.7. The molecule has 2 bridgehead atoms. The lowest BCUT2D eigenvalue weighted by atomic mass is 9.82. The van der Waals surface area contributed by atoms with Gasteiger partial charge in [-0.15, -0.1) is 0 Å². The predicted octanol–water partition coefficient (Wildman–Crippen LogP) is 7.85. The van der Waals surface area contributed by atoms with Gasteiger partial charge in [-0.05, 0) is 100 Å². The zero-order chi connectivity index (χ0) is 48.2. The van der Waals surface area contributed by atoms with Crippen molar-refractivity contribution in [3.63, 3.8) is 0 Å².